The standard InChI is InChI=1S/C42H36ClN3O2/c1-41(2)40(38(48)28-47)46(29-45(41)27-30-25-26-44-37-20-12-19-36(43)39(30)37)35-23-21-34(22-24-35)42(31-13-6-3-7-14-31,32-15-8-4-9-16-32)33-17-10-5-11-18-33/h3-26,28,40H,27,29H2,1-2H3. The number of Topliss-reactive ketones (excluding diaryl/α,β-unsaturated/α-hetero) is 1. The molecule has 5 nitrogen and oxygen atoms in total. The lowest BCUT2D eigenvalue weighted by molar-refractivity contribution is -0.131. The summed E-state index contributed by atoms with van der Waals surface area (Å²) in [6.45, 7) is 5.05. The molecular weight excluding hydrogens is 614 g/mol. The average molecular weight is 650 g/mol. The van der Waals surface area contributed by atoms with Gasteiger partial charge < -0.3 is 4.90 Å². The van der Waals surface area contributed by atoms with Gasteiger partial charge in [-0.1, -0.05) is 121 Å². The van der Waals surface area contributed by atoms with Gasteiger partial charge in [0.15, 0.2) is 6.29 Å². The van der Waals surface area contributed by atoms with E-state index in [2.05, 4.69) is 112 Å². The highest BCUT2D eigenvalue weighted by Gasteiger charge is 2.50. The molecule has 0 bridgehead atoms. The average Bonchev–Trinajstić information content (AvgIpc) is 3.39. The van der Waals surface area contributed by atoms with E-state index in [1.165, 1.54) is 0 Å². The molecule has 6 aromatic rings. The summed E-state index contributed by atoms with van der Waals surface area (Å²) < 4.78 is 0. The van der Waals surface area contributed by atoms with Crippen molar-refractivity contribution in [2.45, 2.75) is 37.4 Å². The maximum Gasteiger partial charge on any atom is 0.219 e. The summed E-state index contributed by atoms with van der Waals surface area (Å²) in [5.74, 6) is -0.448. The summed E-state index contributed by atoms with van der Waals surface area (Å²) in [4.78, 5) is 34.3. The zero-order valence-electron chi connectivity index (χ0n) is 27.0. The number of carbonyl (C=O) groups excluding carboxylic acids is 2. The minimum atomic E-state index is -0.674. The Balaban J connectivity index is 1.32. The zero-order chi connectivity index (χ0) is 33.3. The number of aromatic nitrogens is 1. The van der Waals surface area contributed by atoms with Crippen LogP contribution in [-0.2, 0) is 21.5 Å². The van der Waals surface area contributed by atoms with E-state index < -0.39 is 22.8 Å². The maximum absolute atomic E-state index is 13.4. The molecule has 1 saturated heterocycles. The van der Waals surface area contributed by atoms with Crippen molar-refractivity contribution in [1.82, 2.24) is 9.88 Å². The highest BCUT2D eigenvalue weighted by Crippen LogP contribution is 2.46. The second-order valence-corrected chi connectivity index (χ2v) is 13.3. The second-order valence-electron chi connectivity index (χ2n) is 12.9. The molecule has 1 atom stereocenters. The van der Waals surface area contributed by atoms with Crippen molar-refractivity contribution in [3.05, 3.63) is 179 Å². The minimum Gasteiger partial charge on any atom is -0.346 e. The van der Waals surface area contributed by atoms with Gasteiger partial charge in [0, 0.05) is 29.4 Å². The largest absolute Gasteiger partial charge is 0.346 e. The Bertz CT molecular complexity index is 1960. The Hall–Kier alpha value is -5.10. The number of pyridine rings is 1. The molecule has 1 fully saturated rings. The third-order valence-corrected chi connectivity index (χ3v) is 10.2. The number of carbonyl (C=O) groups is 2. The van der Waals surface area contributed by atoms with Crippen LogP contribution in [0.25, 0.3) is 10.9 Å². The fraction of sp³-hybridized carbons (Fsp3) is 0.167. The van der Waals surface area contributed by atoms with Crippen LogP contribution < -0.4 is 4.90 Å². The third-order valence-electron chi connectivity index (χ3n) is 9.92. The first-order valence-electron chi connectivity index (χ1n) is 16.2. The van der Waals surface area contributed by atoms with Crippen molar-refractivity contribution in [2.24, 2.45) is 0 Å². The maximum atomic E-state index is 13.4. The van der Waals surface area contributed by atoms with Gasteiger partial charge in [-0.3, -0.25) is 19.5 Å². The molecule has 1 aliphatic rings. The van der Waals surface area contributed by atoms with Gasteiger partial charge in [0.1, 0.15) is 6.04 Å². The Morgan fingerprint density at radius 1 is 0.771 bits per heavy atom. The quantitative estimate of drug-likeness (QED) is 0.0894. The van der Waals surface area contributed by atoms with Crippen LogP contribution in [-0.4, -0.2) is 40.2 Å². The van der Waals surface area contributed by atoms with Gasteiger partial charge >= 0.3 is 0 Å². The molecule has 238 valence electrons. The number of nitrogens with zero attached hydrogens (tertiary/aromatic N) is 3. The summed E-state index contributed by atoms with van der Waals surface area (Å²) in [5.41, 5.74) is 6.03. The van der Waals surface area contributed by atoms with E-state index in [-0.39, 0.29) is 0 Å². The van der Waals surface area contributed by atoms with Gasteiger partial charge in [0.25, 0.3) is 0 Å². The molecule has 1 aromatic heterocycles. The summed E-state index contributed by atoms with van der Waals surface area (Å²) in [6, 6.07) is 47.3. The van der Waals surface area contributed by atoms with Crippen LogP contribution in [0, 0.1) is 0 Å². The summed E-state index contributed by atoms with van der Waals surface area (Å²) in [7, 11) is 0. The number of anilines is 1. The molecule has 2 heterocycles. The number of aldehydes is 1. The van der Waals surface area contributed by atoms with Crippen molar-refractivity contribution in [2.75, 3.05) is 11.6 Å². The molecule has 0 N–H and O–H groups in total. The van der Waals surface area contributed by atoms with Crippen molar-refractivity contribution in [3.63, 3.8) is 0 Å². The molecule has 1 aliphatic heterocycles. The van der Waals surface area contributed by atoms with Crippen molar-refractivity contribution < 1.29 is 9.59 Å². The molecule has 6 heteroatoms. The highest BCUT2D eigenvalue weighted by molar-refractivity contribution is 6.35. The van der Waals surface area contributed by atoms with Gasteiger partial charge in [-0.25, -0.2) is 0 Å². The third kappa shape index (κ3) is 5.29. The van der Waals surface area contributed by atoms with Crippen LogP contribution in [0.5, 0.6) is 0 Å². The Morgan fingerprint density at radius 2 is 1.31 bits per heavy atom. The van der Waals surface area contributed by atoms with E-state index in [9.17, 15) is 9.59 Å². The highest BCUT2D eigenvalue weighted by atomic mass is 35.5. The van der Waals surface area contributed by atoms with Crippen LogP contribution in [0.1, 0.15) is 41.7 Å². The number of hydrogen-bond acceptors (Lipinski definition) is 5. The van der Waals surface area contributed by atoms with Gasteiger partial charge in [-0.05, 0) is 72.0 Å². The van der Waals surface area contributed by atoms with Gasteiger partial charge in [-0.2, -0.15) is 0 Å². The molecule has 48 heavy (non-hydrogen) atoms. The van der Waals surface area contributed by atoms with Crippen molar-refractivity contribution in [1.29, 1.82) is 0 Å². The molecule has 0 amide bonds. The zero-order valence-corrected chi connectivity index (χ0v) is 27.7. The lowest BCUT2D eigenvalue weighted by atomic mass is 9.65. The summed E-state index contributed by atoms with van der Waals surface area (Å²) >= 11 is 6.66. The van der Waals surface area contributed by atoms with Crippen molar-refractivity contribution in [3.8, 4) is 0 Å². The molecule has 1 unspecified atom stereocenters. The molecule has 0 saturated carbocycles. The summed E-state index contributed by atoms with van der Waals surface area (Å²) in [5, 5.41) is 1.54. The van der Waals surface area contributed by atoms with Gasteiger partial charge in [0.2, 0.25) is 5.78 Å². The number of benzene rings is 5. The number of hydrogen-bond donors (Lipinski definition) is 0. The van der Waals surface area contributed by atoms with Crippen molar-refractivity contribution >= 4 is 40.3 Å². The number of fused-ring (bicyclic) bond motifs is 1. The van der Waals surface area contributed by atoms with Crippen LogP contribution in [0.3, 0.4) is 0 Å². The fourth-order valence-corrected chi connectivity index (χ4v) is 7.88. The first kappa shape index (κ1) is 31.5. The fourth-order valence-electron chi connectivity index (χ4n) is 7.59. The number of halogens is 1. The number of rotatable bonds is 9. The monoisotopic (exact) mass is 649 g/mol. The summed E-state index contributed by atoms with van der Waals surface area (Å²) in [6.07, 6.45) is 2.25. The van der Waals surface area contributed by atoms with Crippen LogP contribution in [0.2, 0.25) is 5.02 Å². The SMILES string of the molecule is CC1(C)C(C(=O)C=O)N(c2ccc(C(c3ccccc3)(c3ccccc3)c3ccccc3)cc2)CN1Cc1ccnc2cccc(Cl)c12. The number of ketones is 1. The first-order valence-corrected chi connectivity index (χ1v) is 16.5. The van der Waals surface area contributed by atoms with E-state index in [1.54, 1.807) is 6.20 Å². The van der Waals surface area contributed by atoms with Crippen LogP contribution in [0.4, 0.5) is 5.69 Å². The second kappa shape index (κ2) is 12.8. The predicted octanol–water partition coefficient (Wildman–Crippen LogP) is 8.47. The van der Waals surface area contributed by atoms with E-state index >= 15 is 0 Å². The first-order chi connectivity index (χ1) is 23.4. The molecule has 5 aromatic carbocycles. The molecular formula is C42H36ClN3O2. The van der Waals surface area contributed by atoms with Crippen LogP contribution in [0.15, 0.2) is 146 Å². The predicted molar refractivity (Wildman–Crippen MR) is 193 cm³/mol. The normalized spacial score (nSPS) is 16.2. The lowest BCUT2D eigenvalue weighted by Gasteiger charge is -2.37. The molecule has 7 rings (SSSR count). The lowest BCUT2D eigenvalue weighted by Crippen LogP contribution is -2.51. The van der Waals surface area contributed by atoms with E-state index in [0.717, 1.165) is 44.4 Å². The smallest absolute Gasteiger partial charge is 0.219 e. The Kier molecular flexibility index (Phi) is 8.42. The Labute approximate surface area is 286 Å². The van der Waals surface area contributed by atoms with Crippen LogP contribution >= 0.6 is 11.6 Å². The minimum absolute atomic E-state index is 0.448. The molecule has 0 radical (unpaired) electrons. The molecule has 0 aliphatic carbocycles. The van der Waals surface area contributed by atoms with E-state index in [0.29, 0.717) is 24.5 Å². The topological polar surface area (TPSA) is 53.5 Å². The Morgan fingerprint density at radius 3 is 1.85 bits per heavy atom. The molecule has 0 spiro atoms. The van der Waals surface area contributed by atoms with Gasteiger partial charge in [-0.15, -0.1) is 0 Å². The van der Waals surface area contributed by atoms with E-state index in [4.69, 9.17) is 11.6 Å². The van der Waals surface area contributed by atoms with E-state index in [1.807, 2.05) is 56.3 Å². The van der Waals surface area contributed by atoms with Gasteiger partial charge in [0.05, 0.1) is 22.6 Å².